The molecule has 1 atom stereocenters. The summed E-state index contributed by atoms with van der Waals surface area (Å²) in [5.74, 6) is 1.47. The monoisotopic (exact) mass is 248 g/mol. The normalized spacial score (nSPS) is 17.9. The molecule has 1 fully saturated rings. The van der Waals surface area contributed by atoms with Crippen molar-refractivity contribution in [2.75, 3.05) is 5.32 Å². The fourth-order valence-corrected chi connectivity index (χ4v) is 2.78. The van der Waals surface area contributed by atoms with E-state index in [1.54, 1.807) is 0 Å². The highest BCUT2D eigenvalue weighted by molar-refractivity contribution is 5.27. The number of anilines is 1. The third-order valence-electron chi connectivity index (χ3n) is 3.97. The first kappa shape index (κ1) is 13.2. The van der Waals surface area contributed by atoms with Gasteiger partial charge in [-0.05, 0) is 38.5 Å². The van der Waals surface area contributed by atoms with E-state index in [9.17, 15) is 0 Å². The highest BCUT2D eigenvalue weighted by Gasteiger charge is 2.22. The molecule has 2 rings (SSSR count). The fraction of sp³-hybridized carbons (Fsp3) is 0.786. The van der Waals surface area contributed by atoms with Crippen molar-refractivity contribution >= 4 is 5.95 Å². The van der Waals surface area contributed by atoms with Crippen LogP contribution in [0.4, 0.5) is 5.95 Å². The minimum Gasteiger partial charge on any atom is -0.350 e. The number of hydrogen-bond acceptors (Lipinski definition) is 4. The first-order chi connectivity index (χ1) is 8.74. The van der Waals surface area contributed by atoms with Crippen LogP contribution in [0.2, 0.25) is 0 Å². The Balaban J connectivity index is 2.04. The molecule has 4 nitrogen and oxygen atoms in total. The molecule has 18 heavy (non-hydrogen) atoms. The molecule has 1 saturated carbocycles. The van der Waals surface area contributed by atoms with E-state index in [-0.39, 0.29) is 0 Å². The lowest BCUT2D eigenvalue weighted by Gasteiger charge is -2.20. The molecule has 1 N–H and O–H groups in total. The summed E-state index contributed by atoms with van der Waals surface area (Å²) < 4.78 is 0. The predicted molar refractivity (Wildman–Crippen MR) is 73.6 cm³/mol. The average molecular weight is 248 g/mol. The van der Waals surface area contributed by atoms with Gasteiger partial charge in [0.05, 0.1) is 11.4 Å². The van der Waals surface area contributed by atoms with Gasteiger partial charge in [-0.2, -0.15) is 5.10 Å². The standard InChI is InChI=1S/C14H24N4/c1-4-12-13(5-2)17-18-14(16-12)15-10(3)11-8-6-7-9-11/h10-11H,4-9H2,1-3H3,(H,15,16,18). The summed E-state index contributed by atoms with van der Waals surface area (Å²) in [6.45, 7) is 6.45. The molecule has 0 bridgehead atoms. The van der Waals surface area contributed by atoms with E-state index < -0.39 is 0 Å². The molecule has 1 aliphatic carbocycles. The molecule has 1 unspecified atom stereocenters. The van der Waals surface area contributed by atoms with E-state index >= 15 is 0 Å². The zero-order chi connectivity index (χ0) is 13.0. The van der Waals surface area contributed by atoms with Gasteiger partial charge in [0.25, 0.3) is 0 Å². The number of rotatable bonds is 5. The summed E-state index contributed by atoms with van der Waals surface area (Å²) in [4.78, 5) is 4.59. The van der Waals surface area contributed by atoms with Crippen LogP contribution in [-0.4, -0.2) is 21.2 Å². The maximum Gasteiger partial charge on any atom is 0.243 e. The molecule has 0 amide bonds. The molecular weight excluding hydrogens is 224 g/mol. The second kappa shape index (κ2) is 6.12. The zero-order valence-corrected chi connectivity index (χ0v) is 11.7. The van der Waals surface area contributed by atoms with E-state index in [1.165, 1.54) is 25.7 Å². The Kier molecular flexibility index (Phi) is 4.50. The Hall–Kier alpha value is -1.19. The third-order valence-corrected chi connectivity index (χ3v) is 3.97. The molecule has 1 aliphatic rings. The predicted octanol–water partition coefficient (Wildman–Crippen LogP) is 2.99. The highest BCUT2D eigenvalue weighted by atomic mass is 15.2. The Morgan fingerprint density at radius 2 is 1.78 bits per heavy atom. The molecule has 0 saturated heterocycles. The van der Waals surface area contributed by atoms with Gasteiger partial charge in [-0.1, -0.05) is 26.7 Å². The van der Waals surface area contributed by atoms with E-state index in [0.717, 1.165) is 30.1 Å². The van der Waals surface area contributed by atoms with Gasteiger partial charge in [-0.3, -0.25) is 0 Å². The quantitative estimate of drug-likeness (QED) is 0.870. The molecule has 1 aromatic rings. The summed E-state index contributed by atoms with van der Waals surface area (Å²) in [5, 5.41) is 11.9. The lowest BCUT2D eigenvalue weighted by Crippen LogP contribution is -2.25. The fourth-order valence-electron chi connectivity index (χ4n) is 2.78. The van der Waals surface area contributed by atoms with Gasteiger partial charge in [0.2, 0.25) is 5.95 Å². The summed E-state index contributed by atoms with van der Waals surface area (Å²) in [6, 6.07) is 0.450. The van der Waals surface area contributed by atoms with Crippen molar-refractivity contribution in [3.63, 3.8) is 0 Å². The van der Waals surface area contributed by atoms with Crippen molar-refractivity contribution in [2.45, 2.75) is 65.3 Å². The zero-order valence-electron chi connectivity index (χ0n) is 11.7. The summed E-state index contributed by atoms with van der Waals surface area (Å²) in [6.07, 6.45) is 7.22. The minimum atomic E-state index is 0.450. The van der Waals surface area contributed by atoms with Crippen LogP contribution in [0.15, 0.2) is 0 Å². The highest BCUT2D eigenvalue weighted by Crippen LogP contribution is 2.28. The van der Waals surface area contributed by atoms with Crippen LogP contribution in [0.5, 0.6) is 0 Å². The van der Waals surface area contributed by atoms with Crippen molar-refractivity contribution in [3.8, 4) is 0 Å². The summed E-state index contributed by atoms with van der Waals surface area (Å²) in [7, 11) is 0. The van der Waals surface area contributed by atoms with Gasteiger partial charge in [0, 0.05) is 6.04 Å². The molecule has 1 aromatic heterocycles. The average Bonchev–Trinajstić information content (AvgIpc) is 2.92. The van der Waals surface area contributed by atoms with Crippen LogP contribution in [0.1, 0.15) is 57.8 Å². The van der Waals surface area contributed by atoms with Crippen molar-refractivity contribution in [1.29, 1.82) is 0 Å². The maximum atomic E-state index is 4.59. The van der Waals surface area contributed by atoms with Crippen molar-refractivity contribution in [1.82, 2.24) is 15.2 Å². The third kappa shape index (κ3) is 2.98. The molecule has 0 aliphatic heterocycles. The number of hydrogen-bond donors (Lipinski definition) is 1. The smallest absolute Gasteiger partial charge is 0.243 e. The molecule has 0 spiro atoms. The van der Waals surface area contributed by atoms with Crippen LogP contribution < -0.4 is 5.32 Å². The topological polar surface area (TPSA) is 50.7 Å². The molecular formula is C14H24N4. The second-order valence-corrected chi connectivity index (χ2v) is 5.21. The summed E-state index contributed by atoms with van der Waals surface area (Å²) in [5.41, 5.74) is 2.10. The lowest BCUT2D eigenvalue weighted by molar-refractivity contribution is 0.479. The van der Waals surface area contributed by atoms with Gasteiger partial charge < -0.3 is 5.32 Å². The van der Waals surface area contributed by atoms with Crippen LogP contribution in [0, 0.1) is 5.92 Å². The van der Waals surface area contributed by atoms with Crippen molar-refractivity contribution < 1.29 is 0 Å². The van der Waals surface area contributed by atoms with Gasteiger partial charge in [-0.15, -0.1) is 5.10 Å². The SMILES string of the molecule is CCc1nnc(NC(C)C2CCCC2)nc1CC. The largest absolute Gasteiger partial charge is 0.350 e. The minimum absolute atomic E-state index is 0.450. The Labute approximate surface area is 110 Å². The Morgan fingerprint density at radius 1 is 1.11 bits per heavy atom. The number of aromatic nitrogens is 3. The van der Waals surface area contributed by atoms with Crippen LogP contribution in [0.3, 0.4) is 0 Å². The van der Waals surface area contributed by atoms with Crippen LogP contribution in [0.25, 0.3) is 0 Å². The Bertz CT molecular complexity index is 385. The number of nitrogens with one attached hydrogen (secondary N) is 1. The molecule has 0 aromatic carbocycles. The van der Waals surface area contributed by atoms with E-state index in [1.807, 2.05) is 0 Å². The number of nitrogens with zero attached hydrogens (tertiary/aromatic N) is 3. The lowest BCUT2D eigenvalue weighted by atomic mass is 10.0. The van der Waals surface area contributed by atoms with Crippen molar-refractivity contribution in [3.05, 3.63) is 11.4 Å². The van der Waals surface area contributed by atoms with Crippen LogP contribution >= 0.6 is 0 Å². The second-order valence-electron chi connectivity index (χ2n) is 5.21. The van der Waals surface area contributed by atoms with Gasteiger partial charge in [0.15, 0.2) is 0 Å². The summed E-state index contributed by atoms with van der Waals surface area (Å²) >= 11 is 0. The first-order valence-corrected chi connectivity index (χ1v) is 7.23. The molecule has 4 heteroatoms. The molecule has 100 valence electrons. The maximum absolute atomic E-state index is 4.59. The van der Waals surface area contributed by atoms with Gasteiger partial charge in [-0.25, -0.2) is 4.98 Å². The first-order valence-electron chi connectivity index (χ1n) is 7.23. The van der Waals surface area contributed by atoms with E-state index in [0.29, 0.717) is 12.0 Å². The van der Waals surface area contributed by atoms with E-state index in [2.05, 4.69) is 41.3 Å². The molecule has 0 radical (unpaired) electrons. The Morgan fingerprint density at radius 3 is 2.39 bits per heavy atom. The molecule has 1 heterocycles. The van der Waals surface area contributed by atoms with Gasteiger partial charge >= 0.3 is 0 Å². The number of aryl methyl sites for hydroxylation is 2. The van der Waals surface area contributed by atoms with Gasteiger partial charge in [0.1, 0.15) is 0 Å². The van der Waals surface area contributed by atoms with Crippen LogP contribution in [-0.2, 0) is 12.8 Å². The van der Waals surface area contributed by atoms with Crippen molar-refractivity contribution in [2.24, 2.45) is 5.92 Å². The van der Waals surface area contributed by atoms with E-state index in [4.69, 9.17) is 0 Å².